The van der Waals surface area contributed by atoms with Gasteiger partial charge in [-0.2, -0.15) is 5.10 Å². The number of hydrogen-bond donors (Lipinski definition) is 1. The van der Waals surface area contributed by atoms with Crippen LogP contribution in [0.1, 0.15) is 32.3 Å². The Balaban J connectivity index is 2.00. The zero-order chi connectivity index (χ0) is 18.2. The van der Waals surface area contributed by atoms with Gasteiger partial charge in [-0.05, 0) is 48.6 Å². The predicted molar refractivity (Wildman–Crippen MR) is 93.8 cm³/mol. The first-order valence-corrected chi connectivity index (χ1v) is 9.25. The van der Waals surface area contributed by atoms with E-state index >= 15 is 0 Å². The fraction of sp³-hybridized carbons (Fsp3) is 0.471. The average Bonchev–Trinajstić information content (AvgIpc) is 3.29. The van der Waals surface area contributed by atoms with E-state index in [1.165, 1.54) is 36.1 Å². The molecule has 25 heavy (non-hydrogen) atoms. The second kappa shape index (κ2) is 7.05. The summed E-state index contributed by atoms with van der Waals surface area (Å²) in [5, 5.41) is 16.2. The van der Waals surface area contributed by atoms with Crippen LogP contribution < -0.4 is 0 Å². The Morgan fingerprint density at radius 2 is 2.28 bits per heavy atom. The van der Waals surface area contributed by atoms with Gasteiger partial charge in [-0.25, -0.2) is 14.1 Å². The van der Waals surface area contributed by atoms with Gasteiger partial charge in [0.2, 0.25) is 0 Å². The number of nitrogens with zero attached hydrogens (tertiary/aromatic N) is 3. The third-order valence-corrected chi connectivity index (χ3v) is 5.78. The minimum atomic E-state index is -1.34. The van der Waals surface area contributed by atoms with Gasteiger partial charge in [0.15, 0.2) is 10.3 Å². The van der Waals surface area contributed by atoms with Crippen LogP contribution in [0, 0.1) is 17.7 Å². The van der Waals surface area contributed by atoms with E-state index in [9.17, 15) is 14.3 Å². The molecule has 1 fully saturated rings. The van der Waals surface area contributed by atoms with Crippen molar-refractivity contribution in [2.24, 2.45) is 11.8 Å². The Hall–Kier alpha value is -1.44. The molecule has 0 radical (unpaired) electrons. The number of benzene rings is 1. The molecule has 2 atom stereocenters. The highest BCUT2D eigenvalue weighted by Gasteiger charge is 2.45. The normalized spacial score (nSPS) is 18.0. The second-order valence-electron chi connectivity index (χ2n) is 6.47. The molecule has 1 aliphatic carbocycles. The molecule has 5 nitrogen and oxygen atoms in total. The molecule has 0 saturated heterocycles. The van der Waals surface area contributed by atoms with E-state index in [1.54, 1.807) is 0 Å². The van der Waals surface area contributed by atoms with Crippen molar-refractivity contribution in [2.75, 3.05) is 0 Å². The van der Waals surface area contributed by atoms with Crippen LogP contribution in [-0.2, 0) is 16.9 Å². The van der Waals surface area contributed by atoms with Crippen LogP contribution >= 0.6 is 23.4 Å². The van der Waals surface area contributed by atoms with Crippen LogP contribution in [0.2, 0.25) is 5.02 Å². The molecule has 1 aliphatic rings. The number of rotatable bonds is 6. The van der Waals surface area contributed by atoms with Gasteiger partial charge in [-0.1, -0.05) is 24.6 Å². The number of aliphatic hydroxyl groups is 1. The van der Waals surface area contributed by atoms with E-state index < -0.39 is 11.4 Å². The molecule has 1 N–H and O–H groups in total. The van der Waals surface area contributed by atoms with Gasteiger partial charge in [-0.15, -0.1) is 0 Å². The van der Waals surface area contributed by atoms with Crippen LogP contribution in [-0.4, -0.2) is 25.0 Å². The summed E-state index contributed by atoms with van der Waals surface area (Å²) in [6.45, 7) is 3.50. The molecule has 8 heteroatoms. The standard InChI is InChI=1S/C17H19ClFN3O2S/c1-10(12-3-4-12)17(24,14-6-5-13(19)7-15(14)18)8-22-16(20-9-21-22)25-11(2)23/h5-7,9-10,12,24H,3-4,8H2,1-2H3. The lowest BCUT2D eigenvalue weighted by atomic mass is 9.79. The van der Waals surface area contributed by atoms with Crippen LogP contribution in [0.4, 0.5) is 4.39 Å². The quantitative estimate of drug-likeness (QED) is 0.771. The highest BCUT2D eigenvalue weighted by atomic mass is 35.5. The molecule has 1 heterocycles. The van der Waals surface area contributed by atoms with Gasteiger partial charge in [-0.3, -0.25) is 4.79 Å². The SMILES string of the molecule is CC(=O)Sc1ncnn1CC(O)(c1ccc(F)cc1Cl)C(C)C1CC1. The highest BCUT2D eigenvalue weighted by molar-refractivity contribution is 8.13. The molecule has 1 aromatic carbocycles. The van der Waals surface area contributed by atoms with E-state index in [1.807, 2.05) is 6.92 Å². The monoisotopic (exact) mass is 383 g/mol. The maximum Gasteiger partial charge on any atom is 0.193 e. The van der Waals surface area contributed by atoms with Crippen molar-refractivity contribution >= 4 is 28.5 Å². The van der Waals surface area contributed by atoms with Gasteiger partial charge in [0, 0.05) is 17.5 Å². The summed E-state index contributed by atoms with van der Waals surface area (Å²) >= 11 is 7.20. The molecule has 2 unspecified atom stereocenters. The summed E-state index contributed by atoms with van der Waals surface area (Å²) in [7, 11) is 0. The molecule has 0 aliphatic heterocycles. The van der Waals surface area contributed by atoms with Gasteiger partial charge < -0.3 is 5.11 Å². The number of hydrogen-bond acceptors (Lipinski definition) is 5. The maximum atomic E-state index is 13.5. The molecule has 0 amide bonds. The zero-order valence-corrected chi connectivity index (χ0v) is 15.5. The van der Waals surface area contributed by atoms with E-state index in [2.05, 4.69) is 10.1 Å². The van der Waals surface area contributed by atoms with Crippen molar-refractivity contribution in [3.8, 4) is 0 Å². The van der Waals surface area contributed by atoms with E-state index in [0.29, 0.717) is 16.6 Å². The topological polar surface area (TPSA) is 68.0 Å². The van der Waals surface area contributed by atoms with Crippen molar-refractivity contribution in [2.45, 2.75) is 44.0 Å². The molecule has 134 valence electrons. The zero-order valence-electron chi connectivity index (χ0n) is 13.9. The molecule has 1 saturated carbocycles. The largest absolute Gasteiger partial charge is 0.383 e. The molecular weight excluding hydrogens is 365 g/mol. The van der Waals surface area contributed by atoms with Crippen LogP contribution in [0.5, 0.6) is 0 Å². The van der Waals surface area contributed by atoms with Crippen molar-refractivity contribution < 1.29 is 14.3 Å². The smallest absolute Gasteiger partial charge is 0.193 e. The minimum absolute atomic E-state index is 0.0889. The van der Waals surface area contributed by atoms with E-state index in [-0.39, 0.29) is 22.6 Å². The van der Waals surface area contributed by atoms with Crippen molar-refractivity contribution in [3.05, 3.63) is 40.9 Å². The van der Waals surface area contributed by atoms with Crippen LogP contribution in [0.25, 0.3) is 0 Å². The van der Waals surface area contributed by atoms with Gasteiger partial charge >= 0.3 is 0 Å². The minimum Gasteiger partial charge on any atom is -0.383 e. The summed E-state index contributed by atoms with van der Waals surface area (Å²) in [6, 6.07) is 4.01. The Bertz CT molecular complexity index is 796. The Kier molecular flexibility index (Phi) is 5.18. The summed E-state index contributed by atoms with van der Waals surface area (Å²) in [5.74, 6) is -0.183. The first-order chi connectivity index (χ1) is 11.8. The first-order valence-electron chi connectivity index (χ1n) is 8.05. The average molecular weight is 384 g/mol. The molecule has 0 spiro atoms. The number of halogens is 2. The third kappa shape index (κ3) is 3.88. The number of carbonyl (C=O) groups excluding carboxylic acids is 1. The van der Waals surface area contributed by atoms with Crippen LogP contribution in [0.3, 0.4) is 0 Å². The highest BCUT2D eigenvalue weighted by Crippen LogP contribution is 2.48. The molecular formula is C17H19ClFN3O2S. The fourth-order valence-electron chi connectivity index (χ4n) is 3.10. The lowest BCUT2D eigenvalue weighted by molar-refractivity contribution is -0.109. The molecule has 1 aromatic heterocycles. The van der Waals surface area contributed by atoms with Gasteiger partial charge in [0.25, 0.3) is 0 Å². The molecule has 2 aromatic rings. The lowest BCUT2D eigenvalue weighted by Crippen LogP contribution is -2.40. The maximum absolute atomic E-state index is 13.5. The fourth-order valence-corrected chi connectivity index (χ4v) is 4.00. The summed E-state index contributed by atoms with van der Waals surface area (Å²) in [4.78, 5) is 15.5. The van der Waals surface area contributed by atoms with Crippen molar-refractivity contribution in [1.82, 2.24) is 14.8 Å². The number of aromatic nitrogens is 3. The van der Waals surface area contributed by atoms with Crippen molar-refractivity contribution in [1.29, 1.82) is 0 Å². The lowest BCUT2D eigenvalue weighted by Gasteiger charge is -2.35. The summed E-state index contributed by atoms with van der Waals surface area (Å²) in [6.07, 6.45) is 3.42. The molecule has 0 bridgehead atoms. The summed E-state index contributed by atoms with van der Waals surface area (Å²) < 4.78 is 15.0. The Morgan fingerprint density at radius 3 is 2.88 bits per heavy atom. The van der Waals surface area contributed by atoms with E-state index in [0.717, 1.165) is 24.6 Å². The van der Waals surface area contributed by atoms with Crippen molar-refractivity contribution in [3.63, 3.8) is 0 Å². The number of carbonyl (C=O) groups is 1. The molecule has 3 rings (SSSR count). The predicted octanol–water partition coefficient (Wildman–Crippen LogP) is 3.64. The first kappa shape index (κ1) is 18.4. The Morgan fingerprint density at radius 1 is 1.56 bits per heavy atom. The third-order valence-electron chi connectivity index (χ3n) is 4.69. The van der Waals surface area contributed by atoms with Gasteiger partial charge in [0.05, 0.1) is 6.54 Å². The number of thioether (sulfide) groups is 1. The van der Waals surface area contributed by atoms with Crippen LogP contribution in [0.15, 0.2) is 29.7 Å². The Labute approximate surface area is 154 Å². The second-order valence-corrected chi connectivity index (χ2v) is 8.02. The van der Waals surface area contributed by atoms with E-state index in [4.69, 9.17) is 11.6 Å². The summed E-state index contributed by atoms with van der Waals surface area (Å²) in [5.41, 5.74) is -0.879. The van der Waals surface area contributed by atoms with Gasteiger partial charge in [0.1, 0.15) is 17.7 Å².